The Balaban J connectivity index is 0.000000170. The van der Waals surface area contributed by atoms with Gasteiger partial charge in [0.05, 0.1) is 88.3 Å². The summed E-state index contributed by atoms with van der Waals surface area (Å²) >= 11 is 0. The maximum Gasteiger partial charge on any atom is 0.416 e. The second-order valence-corrected chi connectivity index (χ2v) is 20.1. The fraction of sp³-hybridized carbons (Fsp3) is 0.286. The Morgan fingerprint density at radius 2 is 0.958 bits per heavy atom. The van der Waals surface area contributed by atoms with Crippen LogP contribution in [0, 0.1) is 20.2 Å². The molecule has 0 aliphatic heterocycles. The number of nitrogens with zero attached hydrogens (tertiary/aromatic N) is 15. The predicted molar refractivity (Wildman–Crippen MR) is 304 cm³/mol. The molecule has 2 aliphatic carbocycles. The van der Waals surface area contributed by atoms with Gasteiger partial charge >= 0.3 is 42.0 Å². The topological polar surface area (TPSA) is 385 Å². The number of aryl methyl sites for hydroxylation is 2. The zero-order valence-corrected chi connectivity index (χ0v) is 49.0. The highest BCUT2D eigenvalue weighted by Crippen LogP contribution is 2.35. The van der Waals surface area contributed by atoms with Crippen LogP contribution >= 0.6 is 0 Å². The summed E-state index contributed by atoms with van der Waals surface area (Å²) in [5, 5.41) is 64.7. The Morgan fingerprint density at radius 3 is 1.34 bits per heavy atom. The molecule has 508 valence electrons. The van der Waals surface area contributed by atoms with Gasteiger partial charge in [0.15, 0.2) is 11.4 Å². The molecule has 0 aromatic carbocycles. The fourth-order valence-electron chi connectivity index (χ4n) is 9.01. The molecule has 40 heteroatoms. The quantitative estimate of drug-likeness (QED) is 0.0431. The first kappa shape index (κ1) is 72.0. The number of aromatic amines is 1. The van der Waals surface area contributed by atoms with Crippen LogP contribution < -0.4 is 11.1 Å². The van der Waals surface area contributed by atoms with Crippen LogP contribution in [0.1, 0.15) is 114 Å². The number of hydrogen-bond acceptors (Lipinski definition) is 20. The molecule has 28 nitrogen and oxygen atoms in total. The molecule has 2 aliphatic rings. The number of nitrogen functional groups attached to an aromatic ring is 1. The van der Waals surface area contributed by atoms with E-state index in [0.717, 1.165) is 165 Å². The summed E-state index contributed by atoms with van der Waals surface area (Å²) in [6.07, 6.45) is 8.20. The lowest BCUT2D eigenvalue weighted by Gasteiger charge is -2.11. The third-order valence-corrected chi connectivity index (χ3v) is 13.4. The van der Waals surface area contributed by atoms with E-state index in [4.69, 9.17) is 25.0 Å². The van der Waals surface area contributed by atoms with Crippen molar-refractivity contribution in [3.63, 3.8) is 0 Å². The number of halogens is 12. The third-order valence-electron chi connectivity index (χ3n) is 13.4. The van der Waals surface area contributed by atoms with Gasteiger partial charge in [-0.3, -0.25) is 64.1 Å². The smallest absolute Gasteiger partial charge is 0.416 e. The Bertz CT molecular complexity index is 4220. The minimum Gasteiger partial charge on any atom is -0.476 e. The number of aliphatic hydroxyl groups excluding tert-OH is 1. The van der Waals surface area contributed by atoms with E-state index in [1.165, 1.54) is 46.5 Å². The van der Waals surface area contributed by atoms with Crippen molar-refractivity contribution in [2.24, 2.45) is 0 Å². The normalized spacial score (nSPS) is 12.6. The number of carbonyl (C=O) groups is 2. The number of hydrogen-bond donors (Lipinski definition) is 5. The molecule has 0 spiro atoms. The Hall–Kier alpha value is -11.5. The number of H-pyrrole nitrogens is 1. The number of amides is 1. The van der Waals surface area contributed by atoms with Crippen molar-refractivity contribution in [3.05, 3.63) is 222 Å². The summed E-state index contributed by atoms with van der Waals surface area (Å²) in [5.41, 5.74) is 4.47. The van der Waals surface area contributed by atoms with Gasteiger partial charge < -0.3 is 30.3 Å². The van der Waals surface area contributed by atoms with Gasteiger partial charge in [0, 0.05) is 108 Å². The van der Waals surface area contributed by atoms with Gasteiger partial charge in [0.25, 0.3) is 5.91 Å². The predicted octanol–water partition coefficient (Wildman–Crippen LogP) is 10.8. The van der Waals surface area contributed by atoms with Crippen molar-refractivity contribution in [2.75, 3.05) is 11.1 Å². The summed E-state index contributed by atoms with van der Waals surface area (Å²) in [4.78, 5) is 56.7. The van der Waals surface area contributed by atoms with Gasteiger partial charge in [-0.1, -0.05) is 10.3 Å². The van der Waals surface area contributed by atoms with E-state index in [1.54, 1.807) is 0 Å². The first-order valence-electron chi connectivity index (χ1n) is 27.6. The molecule has 0 fully saturated rings. The van der Waals surface area contributed by atoms with Crippen LogP contribution in [-0.4, -0.2) is 102 Å². The lowest BCUT2D eigenvalue weighted by molar-refractivity contribution is -0.385. The largest absolute Gasteiger partial charge is 0.476 e. The van der Waals surface area contributed by atoms with Gasteiger partial charge in [-0.15, -0.1) is 0 Å². The number of nitro groups is 2. The number of alkyl halides is 12. The molecule has 1 amide bonds. The van der Waals surface area contributed by atoms with Crippen molar-refractivity contribution in [1.29, 1.82) is 0 Å². The molecule has 10 aromatic rings. The van der Waals surface area contributed by atoms with E-state index in [-0.39, 0.29) is 64.7 Å². The zero-order chi connectivity index (χ0) is 70.0. The molecular weight excluding hydrogens is 1310 g/mol. The van der Waals surface area contributed by atoms with Crippen molar-refractivity contribution < 1.29 is 91.4 Å². The molecule has 0 bridgehead atoms. The maximum atomic E-state index is 13.1. The van der Waals surface area contributed by atoms with E-state index in [2.05, 4.69) is 61.1 Å². The molecule has 0 saturated carbocycles. The van der Waals surface area contributed by atoms with E-state index in [1.807, 2.05) is 0 Å². The number of fused-ring (bicyclic) bond motifs is 2. The molecule has 0 unspecified atom stereocenters. The monoisotopic (exact) mass is 1360 g/mol. The molecular formula is C56H50F12N18O10. The number of carboxylic acids is 1. The standard InChI is InChI=1S/C18H16F3N5O2.C10H7F3N4O2.C10H9F3N4.C8H9NO3.C7H6F3NO.C3H3N3O2/c19-18(20,21)14-5-6-22-7-11(14)9-26-10-12(8-23-26)24-17(27)16-13-3-1-2-4-15(13)28-25-16;11-10(12,13)9-1-2-14-3-7(9)5-16-6-8(4-15-16)17(18)19;11-10(12,13)9-1-2-15-3-7(9)5-17-6-8(14)4-16-17;10-8(11)7-5-3-1-2-4-6(5)12-9-7;8-7(9,10)6-1-2-11-3-5(6)4-12;7-6(8)3-1-4-5-2-3/h5-8,10H,1-4,9H2,(H,24,27);1-4,6H,5H2;1-4,6H,5,14H2;1-4H2,(H,10,11);1-3,12H,4H2;1-2H,(H,4,5). The van der Waals surface area contributed by atoms with Crippen LogP contribution in [-0.2, 0) is 76.6 Å². The van der Waals surface area contributed by atoms with Crippen LogP contribution in [0.15, 0.2) is 132 Å². The van der Waals surface area contributed by atoms with E-state index in [9.17, 15) is 82.5 Å². The Labute approximate surface area is 530 Å². The van der Waals surface area contributed by atoms with Crippen LogP contribution in [0.25, 0.3) is 0 Å². The SMILES string of the molecule is Nc1cnn(Cc2cnccc2C(F)(F)F)c1.O=C(Nc1cnn(Cc2cnccc2C(F)(F)F)c1)c1noc2c1CCCC2.O=C(O)c1noc2c1CCCC2.O=[N+]([O-])c1cn[nH]c1.O=[N+]([O-])c1cnn(Cc2cnccc2C(F)(F)F)c1.OCc1cnccc1C(F)(F)F. The van der Waals surface area contributed by atoms with E-state index < -0.39 is 75.3 Å². The minimum absolute atomic E-state index is 0.00926. The minimum atomic E-state index is -4.50. The molecule has 6 N–H and O–H groups in total. The summed E-state index contributed by atoms with van der Waals surface area (Å²) < 4.78 is 166. The van der Waals surface area contributed by atoms with Gasteiger partial charge in [0.2, 0.25) is 0 Å². The van der Waals surface area contributed by atoms with Crippen molar-refractivity contribution in [1.82, 2.24) is 69.8 Å². The molecule has 10 heterocycles. The van der Waals surface area contributed by atoms with Gasteiger partial charge in [-0.2, -0.15) is 73.1 Å². The Kier molecular flexibility index (Phi) is 23.9. The maximum absolute atomic E-state index is 13.1. The number of anilines is 2. The second-order valence-electron chi connectivity index (χ2n) is 20.1. The summed E-state index contributed by atoms with van der Waals surface area (Å²) in [6.45, 7) is -1.03. The lowest BCUT2D eigenvalue weighted by Crippen LogP contribution is -2.15. The zero-order valence-electron chi connectivity index (χ0n) is 49.0. The highest BCUT2D eigenvalue weighted by molar-refractivity contribution is 6.03. The number of pyridine rings is 4. The number of carboxylic acid groups (broad SMARTS) is 1. The number of aromatic carboxylic acids is 1. The second kappa shape index (κ2) is 31.9. The number of carbonyl (C=O) groups excluding carboxylic acids is 1. The number of rotatable bonds is 12. The van der Waals surface area contributed by atoms with Gasteiger partial charge in [-0.25, -0.2) is 4.79 Å². The van der Waals surface area contributed by atoms with Crippen LogP contribution in [0.2, 0.25) is 0 Å². The first-order chi connectivity index (χ1) is 45.4. The van der Waals surface area contributed by atoms with Crippen LogP contribution in [0.3, 0.4) is 0 Å². The number of aliphatic hydroxyl groups is 1. The average molecular weight is 1360 g/mol. The van der Waals surface area contributed by atoms with Crippen molar-refractivity contribution in [2.45, 2.75) is 102 Å². The highest BCUT2D eigenvalue weighted by atomic mass is 19.4. The van der Waals surface area contributed by atoms with Crippen molar-refractivity contribution in [3.8, 4) is 0 Å². The molecule has 12 rings (SSSR count). The van der Waals surface area contributed by atoms with Gasteiger partial charge in [-0.05, 0) is 62.8 Å². The van der Waals surface area contributed by atoms with Crippen LogP contribution in [0.5, 0.6) is 0 Å². The lowest BCUT2D eigenvalue weighted by atomic mass is 9.96. The third kappa shape index (κ3) is 20.3. The van der Waals surface area contributed by atoms with Crippen LogP contribution in [0.4, 0.5) is 75.4 Å². The summed E-state index contributed by atoms with van der Waals surface area (Å²) in [6, 6.07) is 3.57. The molecule has 0 saturated heterocycles. The molecule has 0 radical (unpaired) electrons. The molecule has 10 aromatic heterocycles. The van der Waals surface area contributed by atoms with E-state index >= 15 is 0 Å². The highest BCUT2D eigenvalue weighted by Gasteiger charge is 2.36. The van der Waals surface area contributed by atoms with E-state index in [0.29, 0.717) is 11.4 Å². The fourth-order valence-corrected chi connectivity index (χ4v) is 9.01. The van der Waals surface area contributed by atoms with Gasteiger partial charge in [0.1, 0.15) is 30.1 Å². The average Bonchev–Trinajstić information content (AvgIpc) is 1.49. The summed E-state index contributed by atoms with van der Waals surface area (Å²) in [7, 11) is 0. The molecule has 96 heavy (non-hydrogen) atoms. The number of nitrogens with one attached hydrogen (secondary N) is 2. The number of nitrogens with two attached hydrogens (primary N) is 1. The van der Waals surface area contributed by atoms with Crippen molar-refractivity contribution >= 4 is 34.6 Å². The first-order valence-corrected chi connectivity index (χ1v) is 27.6. The Morgan fingerprint density at radius 1 is 0.552 bits per heavy atom. The molecule has 0 atom stereocenters. The summed E-state index contributed by atoms with van der Waals surface area (Å²) in [5.74, 6) is 0.0905. The number of aromatic nitrogens is 14.